The lowest BCUT2D eigenvalue weighted by Gasteiger charge is -2.30. The van der Waals surface area contributed by atoms with Gasteiger partial charge >= 0.3 is 12.0 Å². The highest BCUT2D eigenvalue weighted by molar-refractivity contribution is 5.75. The predicted molar refractivity (Wildman–Crippen MR) is 75.7 cm³/mol. The van der Waals surface area contributed by atoms with Crippen LogP contribution in [0.2, 0.25) is 0 Å². The van der Waals surface area contributed by atoms with Crippen molar-refractivity contribution in [2.45, 2.75) is 45.1 Å². The maximum atomic E-state index is 12.0. The molecule has 0 heterocycles. The molecule has 0 bridgehead atoms. The van der Waals surface area contributed by atoms with Crippen LogP contribution in [0, 0.1) is 5.92 Å². The highest BCUT2D eigenvalue weighted by atomic mass is 16.5. The van der Waals surface area contributed by atoms with Gasteiger partial charge in [0.25, 0.3) is 0 Å². The van der Waals surface area contributed by atoms with Crippen LogP contribution in [0.5, 0.6) is 0 Å². The fourth-order valence-electron chi connectivity index (χ4n) is 2.64. The summed E-state index contributed by atoms with van der Waals surface area (Å²) in [5.41, 5.74) is -0.232. The van der Waals surface area contributed by atoms with Crippen molar-refractivity contribution in [2.24, 2.45) is 5.92 Å². The quantitative estimate of drug-likeness (QED) is 0.746. The second-order valence-corrected chi connectivity index (χ2v) is 5.60. The maximum absolute atomic E-state index is 12.0. The van der Waals surface area contributed by atoms with E-state index in [0.29, 0.717) is 13.2 Å². The van der Waals surface area contributed by atoms with E-state index in [2.05, 4.69) is 5.32 Å². The lowest BCUT2D eigenvalue weighted by Crippen LogP contribution is -2.48. The van der Waals surface area contributed by atoms with E-state index in [1.165, 1.54) is 4.90 Å². The standard InChI is InChI=1S/C14H26N2O4/c1-4-20-14(7-5-6-8-14)10-15-13(19)16(3)9-11(2)12(17)18/h11H,4-10H2,1-3H3,(H,15,19)(H,17,18). The number of carboxylic acids is 1. The number of carbonyl (C=O) groups excluding carboxylic acids is 1. The highest BCUT2D eigenvalue weighted by Crippen LogP contribution is 2.32. The van der Waals surface area contributed by atoms with Gasteiger partial charge in [0.1, 0.15) is 0 Å². The smallest absolute Gasteiger partial charge is 0.317 e. The molecule has 0 saturated heterocycles. The topological polar surface area (TPSA) is 78.9 Å². The molecule has 0 aliphatic heterocycles. The van der Waals surface area contributed by atoms with Gasteiger partial charge in [0.2, 0.25) is 0 Å². The van der Waals surface area contributed by atoms with Crippen LogP contribution in [0.3, 0.4) is 0 Å². The number of rotatable bonds is 7. The molecule has 1 rings (SSSR count). The van der Waals surface area contributed by atoms with Crippen LogP contribution in [0.4, 0.5) is 4.79 Å². The Morgan fingerprint density at radius 1 is 1.40 bits per heavy atom. The molecule has 6 heteroatoms. The zero-order chi connectivity index (χ0) is 15.2. The third-order valence-electron chi connectivity index (χ3n) is 3.84. The van der Waals surface area contributed by atoms with Crippen molar-refractivity contribution in [3.63, 3.8) is 0 Å². The molecule has 1 unspecified atom stereocenters. The van der Waals surface area contributed by atoms with Gasteiger partial charge in [-0.2, -0.15) is 0 Å². The molecule has 0 spiro atoms. The van der Waals surface area contributed by atoms with Crippen LogP contribution >= 0.6 is 0 Å². The maximum Gasteiger partial charge on any atom is 0.317 e. The van der Waals surface area contributed by atoms with E-state index in [1.807, 2.05) is 6.92 Å². The van der Waals surface area contributed by atoms with Crippen LogP contribution in [-0.2, 0) is 9.53 Å². The molecule has 2 amide bonds. The zero-order valence-electron chi connectivity index (χ0n) is 12.6. The third kappa shape index (κ3) is 4.67. The number of hydrogen-bond acceptors (Lipinski definition) is 3. The van der Waals surface area contributed by atoms with E-state index < -0.39 is 11.9 Å². The van der Waals surface area contributed by atoms with Gasteiger partial charge in [0.15, 0.2) is 0 Å². The number of urea groups is 1. The SMILES string of the molecule is CCOC1(CNC(=O)N(C)CC(C)C(=O)O)CCCC1. The number of nitrogens with zero attached hydrogens (tertiary/aromatic N) is 1. The molecule has 0 radical (unpaired) electrons. The Bertz CT molecular complexity index is 340. The van der Waals surface area contributed by atoms with Gasteiger partial charge in [0, 0.05) is 26.7 Å². The first-order chi connectivity index (χ1) is 9.40. The summed E-state index contributed by atoms with van der Waals surface area (Å²) in [6, 6.07) is -0.246. The first kappa shape index (κ1) is 16.8. The Morgan fingerprint density at radius 2 is 2.00 bits per heavy atom. The van der Waals surface area contributed by atoms with Gasteiger partial charge in [-0.1, -0.05) is 19.8 Å². The molecule has 0 aromatic rings. The van der Waals surface area contributed by atoms with Crippen molar-refractivity contribution in [2.75, 3.05) is 26.7 Å². The fraction of sp³-hybridized carbons (Fsp3) is 0.857. The minimum Gasteiger partial charge on any atom is -0.481 e. The van der Waals surface area contributed by atoms with E-state index in [9.17, 15) is 9.59 Å². The van der Waals surface area contributed by atoms with E-state index in [4.69, 9.17) is 9.84 Å². The van der Waals surface area contributed by atoms with Gasteiger partial charge in [-0.3, -0.25) is 4.79 Å². The summed E-state index contributed by atoms with van der Waals surface area (Å²) in [6.07, 6.45) is 4.19. The number of carboxylic acid groups (broad SMARTS) is 1. The predicted octanol–water partition coefficient (Wildman–Crippen LogP) is 1.70. The van der Waals surface area contributed by atoms with Crippen molar-refractivity contribution in [1.82, 2.24) is 10.2 Å². The molecule has 1 atom stereocenters. The van der Waals surface area contributed by atoms with Gasteiger partial charge < -0.3 is 20.1 Å². The lowest BCUT2D eigenvalue weighted by atomic mass is 10.0. The third-order valence-corrected chi connectivity index (χ3v) is 3.84. The highest BCUT2D eigenvalue weighted by Gasteiger charge is 2.35. The number of carbonyl (C=O) groups is 2. The van der Waals surface area contributed by atoms with Gasteiger partial charge in [-0.05, 0) is 19.8 Å². The molecule has 20 heavy (non-hydrogen) atoms. The van der Waals surface area contributed by atoms with Crippen LogP contribution in [0.15, 0.2) is 0 Å². The summed E-state index contributed by atoms with van der Waals surface area (Å²) < 4.78 is 5.81. The first-order valence-corrected chi connectivity index (χ1v) is 7.26. The Labute approximate surface area is 120 Å². The van der Waals surface area contributed by atoms with Gasteiger partial charge in [-0.15, -0.1) is 0 Å². The van der Waals surface area contributed by atoms with E-state index in [0.717, 1.165) is 25.7 Å². The summed E-state index contributed by atoms with van der Waals surface area (Å²) in [7, 11) is 1.61. The molecule has 2 N–H and O–H groups in total. The number of nitrogens with one attached hydrogen (secondary N) is 1. The molecule has 116 valence electrons. The minimum atomic E-state index is -0.897. The largest absolute Gasteiger partial charge is 0.481 e. The molecule has 6 nitrogen and oxygen atoms in total. The van der Waals surface area contributed by atoms with Crippen LogP contribution in [-0.4, -0.2) is 54.4 Å². The average Bonchev–Trinajstić information content (AvgIpc) is 2.85. The second kappa shape index (κ2) is 7.47. The van der Waals surface area contributed by atoms with Crippen LogP contribution in [0.1, 0.15) is 39.5 Å². The van der Waals surface area contributed by atoms with Crippen molar-refractivity contribution < 1.29 is 19.4 Å². The molecule has 1 fully saturated rings. The van der Waals surface area contributed by atoms with Crippen molar-refractivity contribution in [3.05, 3.63) is 0 Å². The summed E-state index contributed by atoms with van der Waals surface area (Å²) in [6.45, 7) is 4.88. The van der Waals surface area contributed by atoms with Crippen molar-refractivity contribution in [1.29, 1.82) is 0 Å². The molecule has 1 saturated carbocycles. The Morgan fingerprint density at radius 3 is 2.50 bits per heavy atom. The van der Waals surface area contributed by atoms with Gasteiger partial charge in [0.05, 0.1) is 11.5 Å². The summed E-state index contributed by atoms with van der Waals surface area (Å²) >= 11 is 0. The number of hydrogen-bond donors (Lipinski definition) is 2. The summed E-state index contributed by atoms with van der Waals surface area (Å²) in [5, 5.41) is 11.7. The number of ether oxygens (including phenoxy) is 1. The molecule has 0 aromatic carbocycles. The van der Waals surface area contributed by atoms with Gasteiger partial charge in [-0.25, -0.2) is 4.79 Å². The Balaban J connectivity index is 2.43. The van der Waals surface area contributed by atoms with Crippen molar-refractivity contribution >= 4 is 12.0 Å². The van der Waals surface area contributed by atoms with Crippen LogP contribution < -0.4 is 5.32 Å². The summed E-state index contributed by atoms with van der Waals surface area (Å²) in [5.74, 6) is -1.47. The molecule has 1 aliphatic rings. The molecular formula is C14H26N2O4. The normalized spacial score (nSPS) is 18.6. The summed E-state index contributed by atoms with van der Waals surface area (Å²) in [4.78, 5) is 24.2. The second-order valence-electron chi connectivity index (χ2n) is 5.60. The zero-order valence-corrected chi connectivity index (χ0v) is 12.6. The number of amides is 2. The van der Waals surface area contributed by atoms with E-state index in [1.54, 1.807) is 14.0 Å². The molecule has 0 aromatic heterocycles. The molecule has 1 aliphatic carbocycles. The first-order valence-electron chi connectivity index (χ1n) is 7.26. The lowest BCUT2D eigenvalue weighted by molar-refractivity contribution is -0.141. The minimum absolute atomic E-state index is 0.197. The van der Waals surface area contributed by atoms with E-state index in [-0.39, 0.29) is 18.2 Å². The Kier molecular flexibility index (Phi) is 6.26. The fourth-order valence-corrected chi connectivity index (χ4v) is 2.64. The average molecular weight is 286 g/mol. The number of aliphatic carboxylic acids is 1. The monoisotopic (exact) mass is 286 g/mol. The molecular weight excluding hydrogens is 260 g/mol. The van der Waals surface area contributed by atoms with Crippen molar-refractivity contribution in [3.8, 4) is 0 Å². The Hall–Kier alpha value is -1.30. The van der Waals surface area contributed by atoms with Crippen LogP contribution in [0.25, 0.3) is 0 Å². The van der Waals surface area contributed by atoms with E-state index >= 15 is 0 Å².